The number of carbonyl (C=O) groups excluding carboxylic acids is 1. The molecule has 0 aromatic rings. The maximum absolute atomic E-state index is 12.1. The van der Waals surface area contributed by atoms with Gasteiger partial charge in [0.25, 0.3) is 0 Å². The molecular weight excluding hydrogens is 260 g/mol. The summed E-state index contributed by atoms with van der Waals surface area (Å²) in [7, 11) is 0. The monoisotopic (exact) mass is 286 g/mol. The first kappa shape index (κ1) is 16.8. The lowest BCUT2D eigenvalue weighted by Gasteiger charge is -2.34. The van der Waals surface area contributed by atoms with Gasteiger partial charge in [-0.05, 0) is 19.3 Å². The van der Waals surface area contributed by atoms with E-state index in [-0.39, 0.29) is 18.7 Å². The number of hydrogen-bond acceptors (Lipinski definition) is 3. The summed E-state index contributed by atoms with van der Waals surface area (Å²) in [4.78, 5) is 24.5. The molecule has 0 spiro atoms. The normalized spacial score (nSPS) is 17.5. The highest BCUT2D eigenvalue weighted by Gasteiger charge is 2.24. The number of amides is 2. The van der Waals surface area contributed by atoms with Gasteiger partial charge in [0.1, 0.15) is 0 Å². The molecule has 6 heteroatoms. The number of urea groups is 1. The Hall–Kier alpha value is -1.30. The minimum atomic E-state index is -0.848. The van der Waals surface area contributed by atoms with Gasteiger partial charge in [0.2, 0.25) is 0 Å². The molecule has 0 saturated heterocycles. The van der Waals surface area contributed by atoms with Gasteiger partial charge in [-0.2, -0.15) is 0 Å². The predicted octanol–water partition coefficient (Wildman–Crippen LogP) is 1.43. The molecule has 20 heavy (non-hydrogen) atoms. The Bertz CT molecular complexity index is 316. The van der Waals surface area contributed by atoms with Crippen molar-refractivity contribution in [2.24, 2.45) is 5.92 Å². The molecule has 1 aliphatic carbocycles. The van der Waals surface area contributed by atoms with E-state index in [1.54, 1.807) is 11.8 Å². The van der Waals surface area contributed by atoms with Crippen molar-refractivity contribution in [1.29, 1.82) is 0 Å². The van der Waals surface area contributed by atoms with Crippen molar-refractivity contribution in [3.05, 3.63) is 0 Å². The average Bonchev–Trinajstić information content (AvgIpc) is 2.45. The lowest BCUT2D eigenvalue weighted by molar-refractivity contribution is -0.141. The third-order valence-electron chi connectivity index (χ3n) is 3.89. The van der Waals surface area contributed by atoms with Gasteiger partial charge in [-0.25, -0.2) is 4.79 Å². The van der Waals surface area contributed by atoms with Crippen LogP contribution in [0.2, 0.25) is 0 Å². The molecule has 1 fully saturated rings. The number of rotatable bonds is 7. The third kappa shape index (κ3) is 5.36. The van der Waals surface area contributed by atoms with Gasteiger partial charge in [-0.15, -0.1) is 0 Å². The smallest absolute Gasteiger partial charge is 0.317 e. The molecule has 1 rings (SSSR count). The molecule has 6 nitrogen and oxygen atoms in total. The van der Waals surface area contributed by atoms with Crippen LogP contribution >= 0.6 is 0 Å². The summed E-state index contributed by atoms with van der Waals surface area (Å²) in [6.45, 7) is 2.27. The van der Waals surface area contributed by atoms with E-state index in [1.165, 1.54) is 6.42 Å². The topological polar surface area (TPSA) is 89.9 Å². The molecule has 116 valence electrons. The Labute approximate surface area is 120 Å². The second kappa shape index (κ2) is 8.79. The Morgan fingerprint density at radius 2 is 1.95 bits per heavy atom. The fraction of sp³-hybridized carbons (Fsp3) is 0.857. The van der Waals surface area contributed by atoms with Crippen molar-refractivity contribution in [2.45, 2.75) is 51.5 Å². The number of aliphatic hydroxyl groups excluding tert-OH is 1. The summed E-state index contributed by atoms with van der Waals surface area (Å²) in [5.41, 5.74) is 0. The molecular formula is C14H26N2O4. The summed E-state index contributed by atoms with van der Waals surface area (Å²) in [5.74, 6) is -1.31. The predicted molar refractivity (Wildman–Crippen MR) is 75.5 cm³/mol. The molecule has 0 bridgehead atoms. The lowest BCUT2D eigenvalue weighted by atomic mass is 9.94. The zero-order valence-corrected chi connectivity index (χ0v) is 12.2. The highest BCUT2D eigenvalue weighted by atomic mass is 16.4. The van der Waals surface area contributed by atoms with Crippen molar-refractivity contribution in [3.63, 3.8) is 0 Å². The Morgan fingerprint density at radius 3 is 2.50 bits per heavy atom. The summed E-state index contributed by atoms with van der Waals surface area (Å²) in [6, 6.07) is 0.0105. The number of nitrogens with zero attached hydrogens (tertiary/aromatic N) is 1. The highest BCUT2D eigenvalue weighted by Crippen LogP contribution is 2.22. The van der Waals surface area contributed by atoms with Crippen molar-refractivity contribution < 1.29 is 19.8 Å². The van der Waals surface area contributed by atoms with Crippen LogP contribution in [0.3, 0.4) is 0 Å². The zero-order chi connectivity index (χ0) is 15.0. The molecule has 1 aliphatic rings. The van der Waals surface area contributed by atoms with Crippen LogP contribution in [0.4, 0.5) is 4.79 Å². The van der Waals surface area contributed by atoms with E-state index in [1.807, 2.05) is 0 Å². The van der Waals surface area contributed by atoms with Crippen LogP contribution in [0.25, 0.3) is 0 Å². The van der Waals surface area contributed by atoms with Crippen molar-refractivity contribution >= 4 is 12.0 Å². The van der Waals surface area contributed by atoms with Gasteiger partial charge >= 0.3 is 12.0 Å². The number of aliphatic hydroxyl groups is 1. The number of nitrogens with one attached hydrogen (secondary N) is 1. The molecule has 0 aliphatic heterocycles. The first-order chi connectivity index (χ1) is 9.56. The van der Waals surface area contributed by atoms with E-state index < -0.39 is 11.9 Å². The number of aliphatic carboxylic acids is 1. The van der Waals surface area contributed by atoms with E-state index in [0.717, 1.165) is 25.7 Å². The van der Waals surface area contributed by atoms with Crippen LogP contribution in [-0.2, 0) is 4.79 Å². The van der Waals surface area contributed by atoms with Crippen LogP contribution in [0.5, 0.6) is 0 Å². The van der Waals surface area contributed by atoms with Crippen molar-refractivity contribution in [3.8, 4) is 0 Å². The van der Waals surface area contributed by atoms with Crippen LogP contribution in [-0.4, -0.2) is 52.9 Å². The molecule has 0 aromatic carbocycles. The number of hydrogen-bond donors (Lipinski definition) is 3. The summed E-state index contributed by atoms with van der Waals surface area (Å²) < 4.78 is 0. The SMILES string of the molecule is CC(CCNC(=O)N(CCO)C1CCCCC1)C(=O)O. The minimum absolute atomic E-state index is 0.0462. The fourth-order valence-electron chi connectivity index (χ4n) is 2.57. The molecule has 0 aromatic heterocycles. The Kier molecular flexibility index (Phi) is 7.36. The molecule has 0 radical (unpaired) electrons. The van der Waals surface area contributed by atoms with Gasteiger partial charge < -0.3 is 20.4 Å². The first-order valence-corrected chi connectivity index (χ1v) is 7.44. The zero-order valence-electron chi connectivity index (χ0n) is 12.2. The molecule has 0 heterocycles. The van der Waals surface area contributed by atoms with Crippen LogP contribution in [0.1, 0.15) is 45.4 Å². The van der Waals surface area contributed by atoms with Gasteiger partial charge in [-0.3, -0.25) is 4.79 Å². The van der Waals surface area contributed by atoms with E-state index in [2.05, 4.69) is 5.32 Å². The highest BCUT2D eigenvalue weighted by molar-refractivity contribution is 5.74. The standard InChI is InChI=1S/C14H26N2O4/c1-11(13(18)19)7-8-15-14(20)16(9-10-17)12-5-3-2-4-6-12/h11-12,17H,2-10H2,1H3,(H,15,20)(H,18,19). The van der Waals surface area contributed by atoms with Crippen LogP contribution in [0.15, 0.2) is 0 Å². The quantitative estimate of drug-likeness (QED) is 0.660. The van der Waals surface area contributed by atoms with E-state index in [9.17, 15) is 9.59 Å². The molecule has 1 unspecified atom stereocenters. The van der Waals surface area contributed by atoms with E-state index in [0.29, 0.717) is 19.5 Å². The minimum Gasteiger partial charge on any atom is -0.481 e. The summed E-state index contributed by atoms with van der Waals surface area (Å²) in [5, 5.41) is 20.7. The number of carbonyl (C=O) groups is 2. The van der Waals surface area contributed by atoms with E-state index >= 15 is 0 Å². The van der Waals surface area contributed by atoms with Crippen molar-refractivity contribution in [1.82, 2.24) is 10.2 Å². The number of carboxylic acid groups (broad SMARTS) is 1. The van der Waals surface area contributed by atoms with Gasteiger partial charge in [0.15, 0.2) is 0 Å². The Morgan fingerprint density at radius 1 is 1.30 bits per heavy atom. The molecule has 1 atom stereocenters. The van der Waals surface area contributed by atoms with Crippen LogP contribution in [0, 0.1) is 5.92 Å². The lowest BCUT2D eigenvalue weighted by Crippen LogP contribution is -2.48. The van der Waals surface area contributed by atoms with Crippen molar-refractivity contribution in [2.75, 3.05) is 19.7 Å². The molecule has 1 saturated carbocycles. The average molecular weight is 286 g/mol. The maximum atomic E-state index is 12.1. The second-order valence-electron chi connectivity index (χ2n) is 5.47. The number of carboxylic acids is 1. The molecule has 2 amide bonds. The second-order valence-corrected chi connectivity index (χ2v) is 5.47. The molecule has 3 N–H and O–H groups in total. The fourth-order valence-corrected chi connectivity index (χ4v) is 2.57. The summed E-state index contributed by atoms with van der Waals surface area (Å²) >= 11 is 0. The van der Waals surface area contributed by atoms with Gasteiger partial charge in [0.05, 0.1) is 12.5 Å². The largest absolute Gasteiger partial charge is 0.481 e. The van der Waals surface area contributed by atoms with Gasteiger partial charge in [-0.1, -0.05) is 26.2 Å². The summed E-state index contributed by atoms with van der Waals surface area (Å²) in [6.07, 6.45) is 5.84. The van der Waals surface area contributed by atoms with E-state index in [4.69, 9.17) is 10.2 Å². The van der Waals surface area contributed by atoms with Gasteiger partial charge in [0, 0.05) is 19.1 Å². The third-order valence-corrected chi connectivity index (χ3v) is 3.89. The first-order valence-electron chi connectivity index (χ1n) is 7.44. The van der Waals surface area contributed by atoms with Crippen LogP contribution < -0.4 is 5.32 Å². The maximum Gasteiger partial charge on any atom is 0.317 e. The Balaban J connectivity index is 2.41.